The molecule has 0 saturated carbocycles. The Morgan fingerprint density at radius 3 is 2.48 bits per heavy atom. The molecule has 0 spiro atoms. The highest BCUT2D eigenvalue weighted by Gasteiger charge is 2.20. The summed E-state index contributed by atoms with van der Waals surface area (Å²) >= 11 is 0. The minimum Gasteiger partial charge on any atom is -0.306 e. The van der Waals surface area contributed by atoms with Gasteiger partial charge in [-0.25, -0.2) is 17.8 Å². The summed E-state index contributed by atoms with van der Waals surface area (Å²) in [5.74, 6) is -0.695. The van der Waals surface area contributed by atoms with Crippen LogP contribution in [0, 0.1) is 12.7 Å². The van der Waals surface area contributed by atoms with Gasteiger partial charge in [0.2, 0.25) is 0 Å². The van der Waals surface area contributed by atoms with Crippen LogP contribution < -0.4 is 10.0 Å². The summed E-state index contributed by atoms with van der Waals surface area (Å²) in [5.41, 5.74) is 0.499. The second kappa shape index (κ2) is 7.55. The zero-order valence-corrected chi connectivity index (χ0v) is 15.1. The summed E-state index contributed by atoms with van der Waals surface area (Å²) in [6, 6.07) is 14.6. The molecule has 0 radical (unpaired) electrons. The van der Waals surface area contributed by atoms with Crippen molar-refractivity contribution < 1.29 is 17.6 Å². The lowest BCUT2D eigenvalue weighted by atomic mass is 10.1. The Kier molecular flexibility index (Phi) is 5.18. The number of hydrogen-bond donors (Lipinski definition) is 2. The molecule has 2 aromatic carbocycles. The van der Waals surface area contributed by atoms with Gasteiger partial charge in [0.25, 0.3) is 15.9 Å². The Balaban J connectivity index is 1.91. The number of sulfonamides is 1. The van der Waals surface area contributed by atoms with Crippen LogP contribution in [0.25, 0.3) is 0 Å². The first-order valence-electron chi connectivity index (χ1n) is 7.97. The van der Waals surface area contributed by atoms with Crippen LogP contribution in [0.3, 0.4) is 0 Å². The van der Waals surface area contributed by atoms with Gasteiger partial charge < -0.3 is 5.32 Å². The summed E-state index contributed by atoms with van der Waals surface area (Å²) in [6.07, 6.45) is 1.53. The number of halogens is 1. The van der Waals surface area contributed by atoms with Gasteiger partial charge in [-0.05, 0) is 55.0 Å². The maximum Gasteiger partial charge on any atom is 0.262 e. The molecule has 6 nitrogen and oxygen atoms in total. The average molecular weight is 385 g/mol. The summed E-state index contributed by atoms with van der Waals surface area (Å²) < 4.78 is 41.0. The van der Waals surface area contributed by atoms with Crippen LogP contribution in [0.2, 0.25) is 0 Å². The fourth-order valence-electron chi connectivity index (χ4n) is 2.50. The monoisotopic (exact) mass is 385 g/mol. The number of benzene rings is 2. The van der Waals surface area contributed by atoms with Crippen LogP contribution in [0.5, 0.6) is 0 Å². The number of carbonyl (C=O) groups is 1. The largest absolute Gasteiger partial charge is 0.306 e. The van der Waals surface area contributed by atoms with E-state index in [2.05, 4.69) is 15.0 Å². The number of rotatable bonds is 5. The number of aromatic nitrogens is 1. The van der Waals surface area contributed by atoms with Crippen molar-refractivity contribution in [1.82, 2.24) is 4.98 Å². The number of aryl methyl sites for hydroxylation is 1. The van der Waals surface area contributed by atoms with Gasteiger partial charge in [-0.1, -0.05) is 18.2 Å². The molecule has 1 aromatic heterocycles. The van der Waals surface area contributed by atoms with Crippen molar-refractivity contribution in [3.63, 3.8) is 0 Å². The Morgan fingerprint density at radius 1 is 1.04 bits per heavy atom. The third kappa shape index (κ3) is 4.29. The summed E-state index contributed by atoms with van der Waals surface area (Å²) in [7, 11) is -4.00. The van der Waals surface area contributed by atoms with E-state index in [9.17, 15) is 17.6 Å². The normalized spacial score (nSPS) is 11.0. The molecule has 2 N–H and O–H groups in total. The molecule has 0 aliphatic heterocycles. The standard InChI is InChI=1S/C19H16FN3O3S/c1-13-12-14(20)9-10-17(13)27(25,26)23-16-7-3-2-6-15(16)19(24)22-18-8-4-5-11-21-18/h2-12,23H,1H3,(H,21,22,24). The van der Waals surface area contributed by atoms with Gasteiger partial charge >= 0.3 is 0 Å². The Morgan fingerprint density at radius 2 is 1.78 bits per heavy atom. The lowest BCUT2D eigenvalue weighted by Gasteiger charge is -2.14. The SMILES string of the molecule is Cc1cc(F)ccc1S(=O)(=O)Nc1ccccc1C(=O)Nc1ccccn1. The van der Waals surface area contributed by atoms with Crippen LogP contribution in [-0.4, -0.2) is 19.3 Å². The summed E-state index contributed by atoms with van der Waals surface area (Å²) in [4.78, 5) is 16.5. The maximum absolute atomic E-state index is 13.3. The zero-order chi connectivity index (χ0) is 19.4. The molecule has 27 heavy (non-hydrogen) atoms. The highest BCUT2D eigenvalue weighted by molar-refractivity contribution is 7.92. The highest BCUT2D eigenvalue weighted by atomic mass is 32.2. The smallest absolute Gasteiger partial charge is 0.262 e. The number of nitrogens with one attached hydrogen (secondary N) is 2. The first-order valence-corrected chi connectivity index (χ1v) is 9.45. The molecule has 0 atom stereocenters. The van der Waals surface area contributed by atoms with Crippen molar-refractivity contribution in [2.24, 2.45) is 0 Å². The summed E-state index contributed by atoms with van der Waals surface area (Å²) in [5, 5.41) is 2.61. The molecule has 0 saturated heterocycles. The fraction of sp³-hybridized carbons (Fsp3) is 0.0526. The third-order valence-corrected chi connectivity index (χ3v) is 5.27. The predicted octanol–water partition coefficient (Wildman–Crippen LogP) is 3.58. The van der Waals surface area contributed by atoms with Gasteiger partial charge in [-0.2, -0.15) is 0 Å². The molecule has 8 heteroatoms. The number of nitrogens with zero attached hydrogens (tertiary/aromatic N) is 1. The van der Waals surface area contributed by atoms with Crippen LogP contribution >= 0.6 is 0 Å². The van der Waals surface area contributed by atoms with Crippen molar-refractivity contribution in [1.29, 1.82) is 0 Å². The third-order valence-electron chi connectivity index (χ3n) is 3.75. The highest BCUT2D eigenvalue weighted by Crippen LogP contribution is 2.23. The van der Waals surface area contributed by atoms with Crippen LogP contribution in [-0.2, 0) is 10.0 Å². The Labute approximate surface area is 156 Å². The van der Waals surface area contributed by atoms with Crippen LogP contribution in [0.4, 0.5) is 15.9 Å². The van der Waals surface area contributed by atoms with Gasteiger partial charge in [0.15, 0.2) is 0 Å². The van der Waals surface area contributed by atoms with Crippen molar-refractivity contribution >= 4 is 27.4 Å². The topological polar surface area (TPSA) is 88.2 Å². The molecule has 1 heterocycles. The minimum atomic E-state index is -4.00. The Bertz CT molecular complexity index is 1090. The van der Waals surface area contributed by atoms with Crippen molar-refractivity contribution in [3.8, 4) is 0 Å². The van der Waals surface area contributed by atoms with Crippen molar-refractivity contribution in [2.45, 2.75) is 11.8 Å². The first-order chi connectivity index (χ1) is 12.9. The van der Waals surface area contributed by atoms with E-state index < -0.39 is 21.7 Å². The van der Waals surface area contributed by atoms with Crippen molar-refractivity contribution in [2.75, 3.05) is 10.0 Å². The van der Waals surface area contributed by atoms with Gasteiger partial charge in [0.05, 0.1) is 16.1 Å². The average Bonchev–Trinajstić information content (AvgIpc) is 2.62. The zero-order valence-electron chi connectivity index (χ0n) is 14.3. The number of carbonyl (C=O) groups excluding carboxylic acids is 1. The van der Waals surface area contributed by atoms with E-state index in [0.29, 0.717) is 5.82 Å². The number of anilines is 2. The predicted molar refractivity (Wildman–Crippen MR) is 101 cm³/mol. The van der Waals surface area contributed by atoms with Crippen LogP contribution in [0.15, 0.2) is 71.8 Å². The van der Waals surface area contributed by atoms with E-state index >= 15 is 0 Å². The van der Waals surface area contributed by atoms with Gasteiger partial charge in [-0.3, -0.25) is 9.52 Å². The van der Waals surface area contributed by atoms with E-state index in [4.69, 9.17) is 0 Å². The molecular formula is C19H16FN3O3S. The molecule has 1 amide bonds. The summed E-state index contributed by atoms with van der Waals surface area (Å²) in [6.45, 7) is 1.50. The van der Waals surface area contributed by atoms with E-state index in [-0.39, 0.29) is 21.7 Å². The van der Waals surface area contributed by atoms with E-state index in [1.165, 1.54) is 31.3 Å². The molecular weight excluding hydrogens is 369 g/mol. The lowest BCUT2D eigenvalue weighted by Crippen LogP contribution is -2.19. The number of amides is 1. The molecule has 0 bridgehead atoms. The van der Waals surface area contributed by atoms with Crippen LogP contribution in [0.1, 0.15) is 15.9 Å². The Hall–Kier alpha value is -3.26. The van der Waals surface area contributed by atoms with E-state index in [0.717, 1.165) is 12.1 Å². The van der Waals surface area contributed by atoms with Gasteiger partial charge in [0.1, 0.15) is 11.6 Å². The van der Waals surface area contributed by atoms with Gasteiger partial charge in [0, 0.05) is 6.20 Å². The quantitative estimate of drug-likeness (QED) is 0.703. The minimum absolute atomic E-state index is 0.0659. The van der Waals surface area contributed by atoms with E-state index in [1.807, 2.05) is 0 Å². The molecule has 0 aliphatic rings. The molecule has 3 aromatic rings. The molecule has 0 unspecified atom stereocenters. The lowest BCUT2D eigenvalue weighted by molar-refractivity contribution is 0.102. The molecule has 138 valence electrons. The number of hydrogen-bond acceptors (Lipinski definition) is 4. The fourth-order valence-corrected chi connectivity index (χ4v) is 3.81. The molecule has 0 aliphatic carbocycles. The van der Waals surface area contributed by atoms with Gasteiger partial charge in [-0.15, -0.1) is 0 Å². The van der Waals surface area contributed by atoms with E-state index in [1.54, 1.807) is 30.3 Å². The molecule has 3 rings (SSSR count). The second-order valence-corrected chi connectivity index (χ2v) is 7.38. The first kappa shape index (κ1) is 18.5. The van der Waals surface area contributed by atoms with Crippen molar-refractivity contribution in [3.05, 3.63) is 83.8 Å². The number of para-hydroxylation sites is 1. The second-order valence-electron chi connectivity index (χ2n) is 5.73. The maximum atomic E-state index is 13.3. The molecule has 0 fully saturated rings. The number of pyridine rings is 1.